The average Bonchev–Trinajstić information content (AvgIpc) is 2.99. The number of halogens is 1. The van der Waals surface area contributed by atoms with Crippen LogP contribution in [0.15, 0.2) is 16.5 Å². The van der Waals surface area contributed by atoms with Gasteiger partial charge in [0.15, 0.2) is 5.22 Å². The molecule has 4 heteroatoms. The highest BCUT2D eigenvalue weighted by Crippen LogP contribution is 2.26. The van der Waals surface area contributed by atoms with Crippen LogP contribution in [0.5, 0.6) is 0 Å². The smallest absolute Gasteiger partial charge is 0.193 e. The van der Waals surface area contributed by atoms with Crippen LogP contribution in [0.1, 0.15) is 50.8 Å². The van der Waals surface area contributed by atoms with Gasteiger partial charge in [0.25, 0.3) is 0 Å². The molecule has 3 nitrogen and oxygen atoms in total. The van der Waals surface area contributed by atoms with Gasteiger partial charge in [0.05, 0.1) is 12.1 Å². The fourth-order valence-electron chi connectivity index (χ4n) is 2.53. The van der Waals surface area contributed by atoms with Gasteiger partial charge in [-0.2, -0.15) is 0 Å². The van der Waals surface area contributed by atoms with Gasteiger partial charge in [-0.05, 0) is 62.4 Å². The highest BCUT2D eigenvalue weighted by Gasteiger charge is 2.18. The van der Waals surface area contributed by atoms with E-state index in [1.165, 1.54) is 12.8 Å². The summed E-state index contributed by atoms with van der Waals surface area (Å²) in [6.45, 7) is 3.98. The maximum Gasteiger partial charge on any atom is 0.193 e. The van der Waals surface area contributed by atoms with Crippen molar-refractivity contribution < 1.29 is 9.15 Å². The van der Waals surface area contributed by atoms with Crippen molar-refractivity contribution in [1.29, 1.82) is 0 Å². The molecule has 102 valence electrons. The van der Waals surface area contributed by atoms with Gasteiger partial charge in [0.1, 0.15) is 5.76 Å². The molecule has 2 rings (SSSR count). The molecular formula is C14H22ClNO2. The van der Waals surface area contributed by atoms with Gasteiger partial charge in [-0.3, -0.25) is 0 Å². The van der Waals surface area contributed by atoms with E-state index in [0.29, 0.717) is 11.3 Å². The lowest BCUT2D eigenvalue weighted by molar-refractivity contribution is 0.101. The molecule has 2 unspecified atom stereocenters. The number of ether oxygens (including phenoxy) is 1. The van der Waals surface area contributed by atoms with Crippen LogP contribution in [0, 0.1) is 0 Å². The van der Waals surface area contributed by atoms with Gasteiger partial charge >= 0.3 is 0 Å². The second-order valence-electron chi connectivity index (χ2n) is 4.82. The average molecular weight is 272 g/mol. The minimum absolute atomic E-state index is 0.268. The number of hydrogen-bond acceptors (Lipinski definition) is 3. The standard InChI is InChI=1S/C14H22ClNO2/c1-2-16-12(13-8-9-14(15)18-13)7-3-5-11-6-4-10-17-11/h8-9,11-12,16H,2-7,10H2,1H3. The predicted molar refractivity (Wildman–Crippen MR) is 73.0 cm³/mol. The quantitative estimate of drug-likeness (QED) is 0.816. The summed E-state index contributed by atoms with van der Waals surface area (Å²) >= 11 is 5.83. The molecular weight excluding hydrogens is 250 g/mol. The van der Waals surface area contributed by atoms with Crippen LogP contribution in [0.3, 0.4) is 0 Å². The first-order valence-electron chi connectivity index (χ1n) is 6.90. The van der Waals surface area contributed by atoms with Crippen LogP contribution in [0.4, 0.5) is 0 Å². The topological polar surface area (TPSA) is 34.4 Å². The van der Waals surface area contributed by atoms with Gasteiger partial charge in [0.2, 0.25) is 0 Å². The van der Waals surface area contributed by atoms with Crippen molar-refractivity contribution in [2.24, 2.45) is 0 Å². The second-order valence-corrected chi connectivity index (χ2v) is 5.19. The maximum atomic E-state index is 5.83. The summed E-state index contributed by atoms with van der Waals surface area (Å²) in [7, 11) is 0. The van der Waals surface area contributed by atoms with Gasteiger partial charge in [-0.15, -0.1) is 0 Å². The Labute approximate surface area is 114 Å². The van der Waals surface area contributed by atoms with Crippen molar-refractivity contribution in [2.45, 2.75) is 51.2 Å². The lowest BCUT2D eigenvalue weighted by Gasteiger charge is -2.16. The Bertz CT molecular complexity index is 347. The van der Waals surface area contributed by atoms with E-state index in [4.69, 9.17) is 20.8 Å². The van der Waals surface area contributed by atoms with Crippen LogP contribution in [0.2, 0.25) is 5.22 Å². The highest BCUT2D eigenvalue weighted by molar-refractivity contribution is 6.28. The first-order chi connectivity index (χ1) is 8.79. The lowest BCUT2D eigenvalue weighted by atomic mass is 10.0. The summed E-state index contributed by atoms with van der Waals surface area (Å²) < 4.78 is 11.1. The van der Waals surface area contributed by atoms with Crippen molar-refractivity contribution in [3.8, 4) is 0 Å². The Hall–Kier alpha value is -0.510. The molecule has 2 atom stereocenters. The van der Waals surface area contributed by atoms with E-state index in [1.807, 2.05) is 6.07 Å². The molecule has 1 aliphatic rings. The number of rotatable bonds is 7. The molecule has 1 aromatic heterocycles. The predicted octanol–water partition coefficient (Wildman–Crippen LogP) is 3.93. The highest BCUT2D eigenvalue weighted by atomic mass is 35.5. The first-order valence-corrected chi connectivity index (χ1v) is 7.27. The SMILES string of the molecule is CCNC(CCCC1CCCO1)c1ccc(Cl)o1. The monoisotopic (exact) mass is 271 g/mol. The van der Waals surface area contributed by atoms with Crippen molar-refractivity contribution in [3.05, 3.63) is 23.1 Å². The zero-order valence-corrected chi connectivity index (χ0v) is 11.7. The van der Waals surface area contributed by atoms with E-state index in [-0.39, 0.29) is 6.04 Å². The molecule has 2 heterocycles. The van der Waals surface area contributed by atoms with Crippen molar-refractivity contribution in [1.82, 2.24) is 5.32 Å². The Morgan fingerprint density at radius 1 is 1.50 bits per heavy atom. The number of furan rings is 1. The van der Waals surface area contributed by atoms with E-state index < -0.39 is 0 Å². The Morgan fingerprint density at radius 3 is 3.00 bits per heavy atom. The van der Waals surface area contributed by atoms with Crippen LogP contribution < -0.4 is 5.32 Å². The second kappa shape index (κ2) is 7.17. The molecule has 0 spiro atoms. The maximum absolute atomic E-state index is 5.83. The van der Waals surface area contributed by atoms with Crippen LogP contribution in [-0.4, -0.2) is 19.3 Å². The molecule has 1 fully saturated rings. The van der Waals surface area contributed by atoms with Crippen LogP contribution >= 0.6 is 11.6 Å². The third kappa shape index (κ3) is 4.01. The minimum Gasteiger partial charge on any atom is -0.448 e. The van der Waals surface area contributed by atoms with E-state index in [9.17, 15) is 0 Å². The summed E-state index contributed by atoms with van der Waals surface area (Å²) in [5.74, 6) is 0.939. The van der Waals surface area contributed by atoms with Gasteiger partial charge in [-0.1, -0.05) is 6.92 Å². The van der Waals surface area contributed by atoms with E-state index in [0.717, 1.165) is 38.2 Å². The molecule has 0 amide bonds. The summed E-state index contributed by atoms with van der Waals surface area (Å²) in [6, 6.07) is 4.03. The van der Waals surface area contributed by atoms with E-state index >= 15 is 0 Å². The zero-order chi connectivity index (χ0) is 12.8. The van der Waals surface area contributed by atoms with E-state index in [2.05, 4.69) is 12.2 Å². The molecule has 1 N–H and O–H groups in total. The van der Waals surface area contributed by atoms with Crippen molar-refractivity contribution in [2.75, 3.05) is 13.2 Å². The molecule has 0 radical (unpaired) electrons. The minimum atomic E-state index is 0.268. The Kier molecular flexibility index (Phi) is 5.54. The molecule has 1 aliphatic heterocycles. The van der Waals surface area contributed by atoms with Gasteiger partial charge < -0.3 is 14.5 Å². The molecule has 1 aromatic rings. The van der Waals surface area contributed by atoms with Gasteiger partial charge in [0, 0.05) is 6.61 Å². The van der Waals surface area contributed by atoms with Crippen molar-refractivity contribution in [3.63, 3.8) is 0 Å². The molecule has 0 bridgehead atoms. The molecule has 1 saturated heterocycles. The normalized spacial score (nSPS) is 21.3. The molecule has 0 aromatic carbocycles. The third-order valence-corrected chi connectivity index (χ3v) is 3.63. The lowest BCUT2D eigenvalue weighted by Crippen LogP contribution is -2.20. The Balaban J connectivity index is 1.78. The molecule has 18 heavy (non-hydrogen) atoms. The number of nitrogens with one attached hydrogen (secondary N) is 1. The van der Waals surface area contributed by atoms with E-state index in [1.54, 1.807) is 6.07 Å². The fourth-order valence-corrected chi connectivity index (χ4v) is 2.68. The summed E-state index contributed by atoms with van der Waals surface area (Å²) in [4.78, 5) is 0. The molecule has 0 saturated carbocycles. The fraction of sp³-hybridized carbons (Fsp3) is 0.714. The van der Waals surface area contributed by atoms with Crippen LogP contribution in [0.25, 0.3) is 0 Å². The third-order valence-electron chi connectivity index (χ3n) is 3.43. The summed E-state index contributed by atoms with van der Waals surface area (Å²) in [5, 5.41) is 3.91. The van der Waals surface area contributed by atoms with Crippen molar-refractivity contribution >= 4 is 11.6 Å². The molecule has 0 aliphatic carbocycles. The zero-order valence-electron chi connectivity index (χ0n) is 11.0. The first kappa shape index (κ1) is 13.9. The summed E-state index contributed by atoms with van der Waals surface area (Å²) in [5.41, 5.74) is 0. The van der Waals surface area contributed by atoms with Gasteiger partial charge in [-0.25, -0.2) is 0 Å². The van der Waals surface area contributed by atoms with Crippen LogP contribution in [-0.2, 0) is 4.74 Å². The summed E-state index contributed by atoms with van der Waals surface area (Å²) in [6.07, 6.45) is 6.29. The Morgan fingerprint density at radius 2 is 2.39 bits per heavy atom. The number of hydrogen-bond donors (Lipinski definition) is 1. The largest absolute Gasteiger partial charge is 0.448 e.